The molecular weight excluding hydrogens is 282 g/mol. The molecule has 0 atom stereocenters. The first-order valence-electron chi connectivity index (χ1n) is 7.20. The van der Waals surface area contributed by atoms with Crippen LogP contribution in [0.2, 0.25) is 0 Å². The lowest BCUT2D eigenvalue weighted by Crippen LogP contribution is -2.24. The zero-order valence-electron chi connectivity index (χ0n) is 12.5. The summed E-state index contributed by atoms with van der Waals surface area (Å²) in [4.78, 5) is 2.18. The fourth-order valence-electron chi connectivity index (χ4n) is 2.53. The van der Waals surface area contributed by atoms with Gasteiger partial charge in [-0.1, -0.05) is 60.7 Å². The zero-order chi connectivity index (χ0) is 14.2. The van der Waals surface area contributed by atoms with Gasteiger partial charge in [0.25, 0.3) is 0 Å². The summed E-state index contributed by atoms with van der Waals surface area (Å²) in [6.45, 7) is 1.93. The second-order valence-corrected chi connectivity index (χ2v) is 5.19. The fourth-order valence-corrected chi connectivity index (χ4v) is 2.53. The fraction of sp³-hybridized carbons (Fsp3) is 0.333. The highest BCUT2D eigenvalue weighted by molar-refractivity contribution is 5.85. The Morgan fingerprint density at radius 1 is 0.857 bits per heavy atom. The summed E-state index contributed by atoms with van der Waals surface area (Å²) in [6, 6.07) is 21.3. The Kier molecular flexibility index (Phi) is 8.06. The molecule has 0 saturated heterocycles. The van der Waals surface area contributed by atoms with Crippen molar-refractivity contribution in [3.05, 3.63) is 71.8 Å². The van der Waals surface area contributed by atoms with E-state index in [0.717, 1.165) is 19.5 Å². The van der Waals surface area contributed by atoms with Crippen LogP contribution in [0.4, 0.5) is 0 Å². The molecule has 2 aromatic carbocycles. The lowest BCUT2D eigenvalue weighted by atomic mass is 9.88. The molecule has 0 aliphatic rings. The van der Waals surface area contributed by atoms with E-state index in [9.17, 15) is 0 Å². The van der Waals surface area contributed by atoms with Crippen molar-refractivity contribution in [1.29, 1.82) is 0 Å². The first-order valence-corrected chi connectivity index (χ1v) is 7.20. The van der Waals surface area contributed by atoms with Crippen LogP contribution < -0.4 is 0 Å². The number of hydrogen-bond donors (Lipinski definition) is 1. The molecule has 0 radical (unpaired) electrons. The number of rotatable bonds is 7. The van der Waals surface area contributed by atoms with Gasteiger partial charge in [-0.25, -0.2) is 0 Å². The van der Waals surface area contributed by atoms with Crippen LogP contribution in [0.1, 0.15) is 23.5 Å². The molecule has 114 valence electrons. The Hall–Kier alpha value is -1.35. The van der Waals surface area contributed by atoms with Crippen LogP contribution >= 0.6 is 12.4 Å². The van der Waals surface area contributed by atoms with Crippen molar-refractivity contribution < 1.29 is 5.11 Å². The number of hydrogen-bond acceptors (Lipinski definition) is 2. The second kappa shape index (κ2) is 9.56. The predicted octanol–water partition coefficient (Wildman–Crippen LogP) is 3.55. The number of aliphatic hydroxyl groups excluding tert-OH is 1. The lowest BCUT2D eigenvalue weighted by molar-refractivity contribution is 0.219. The number of aliphatic hydroxyl groups is 1. The van der Waals surface area contributed by atoms with Crippen molar-refractivity contribution in [1.82, 2.24) is 4.90 Å². The van der Waals surface area contributed by atoms with Crippen LogP contribution in [0, 0.1) is 0 Å². The van der Waals surface area contributed by atoms with E-state index in [0.29, 0.717) is 5.92 Å². The molecule has 0 aliphatic carbocycles. The number of likely N-dealkylation sites (N-methyl/N-ethyl adjacent to an activating group) is 1. The van der Waals surface area contributed by atoms with Gasteiger partial charge in [0.05, 0.1) is 6.61 Å². The van der Waals surface area contributed by atoms with Crippen molar-refractivity contribution >= 4 is 12.4 Å². The molecule has 0 fully saturated rings. The van der Waals surface area contributed by atoms with Crippen molar-refractivity contribution in [2.75, 3.05) is 26.7 Å². The maximum absolute atomic E-state index is 8.99. The number of nitrogens with zero attached hydrogens (tertiary/aromatic N) is 1. The SMILES string of the molecule is CN(CCO)CCC(c1ccccc1)c1ccccc1.Cl. The van der Waals surface area contributed by atoms with Gasteiger partial charge < -0.3 is 10.0 Å². The van der Waals surface area contributed by atoms with Gasteiger partial charge in [-0.05, 0) is 31.1 Å². The molecule has 3 heteroatoms. The highest BCUT2D eigenvalue weighted by Gasteiger charge is 2.14. The Morgan fingerprint density at radius 3 is 1.76 bits per heavy atom. The van der Waals surface area contributed by atoms with Crippen molar-refractivity contribution in [3.8, 4) is 0 Å². The third-order valence-electron chi connectivity index (χ3n) is 3.69. The summed E-state index contributed by atoms with van der Waals surface area (Å²) in [5.74, 6) is 0.415. The van der Waals surface area contributed by atoms with Gasteiger partial charge in [-0.3, -0.25) is 0 Å². The molecule has 0 saturated carbocycles. The topological polar surface area (TPSA) is 23.5 Å². The molecule has 0 aromatic heterocycles. The molecule has 2 rings (SSSR count). The molecule has 2 nitrogen and oxygen atoms in total. The van der Waals surface area contributed by atoms with Gasteiger partial charge in [0.2, 0.25) is 0 Å². The van der Waals surface area contributed by atoms with E-state index >= 15 is 0 Å². The summed E-state index contributed by atoms with van der Waals surface area (Å²) in [7, 11) is 2.06. The van der Waals surface area contributed by atoms with Gasteiger partial charge in [0.1, 0.15) is 0 Å². The number of halogens is 1. The predicted molar refractivity (Wildman–Crippen MR) is 91.2 cm³/mol. The van der Waals surface area contributed by atoms with Crippen LogP contribution in [-0.2, 0) is 0 Å². The molecule has 1 N–H and O–H groups in total. The largest absolute Gasteiger partial charge is 0.395 e. The first kappa shape index (κ1) is 17.7. The summed E-state index contributed by atoms with van der Waals surface area (Å²) in [5, 5.41) is 8.99. The molecule has 0 bridgehead atoms. The molecule has 0 spiro atoms. The Balaban J connectivity index is 0.00000220. The third-order valence-corrected chi connectivity index (χ3v) is 3.69. The highest BCUT2D eigenvalue weighted by atomic mass is 35.5. The second-order valence-electron chi connectivity index (χ2n) is 5.19. The van der Waals surface area contributed by atoms with E-state index in [-0.39, 0.29) is 19.0 Å². The van der Waals surface area contributed by atoms with Crippen LogP contribution in [0.25, 0.3) is 0 Å². The standard InChI is InChI=1S/C18H23NO.ClH/c1-19(14-15-20)13-12-18(16-8-4-2-5-9-16)17-10-6-3-7-11-17;/h2-11,18,20H,12-15H2,1H3;1H. The molecule has 0 unspecified atom stereocenters. The van der Waals surface area contributed by atoms with Crippen molar-refractivity contribution in [2.45, 2.75) is 12.3 Å². The normalized spacial score (nSPS) is 10.7. The van der Waals surface area contributed by atoms with E-state index in [1.54, 1.807) is 0 Å². The van der Waals surface area contributed by atoms with E-state index < -0.39 is 0 Å². The monoisotopic (exact) mass is 305 g/mol. The van der Waals surface area contributed by atoms with Crippen LogP contribution in [0.15, 0.2) is 60.7 Å². The lowest BCUT2D eigenvalue weighted by Gasteiger charge is -2.22. The van der Waals surface area contributed by atoms with Crippen molar-refractivity contribution in [2.24, 2.45) is 0 Å². The van der Waals surface area contributed by atoms with Gasteiger partial charge in [-0.2, -0.15) is 0 Å². The Labute approximate surface area is 133 Å². The molecule has 2 aromatic rings. The quantitative estimate of drug-likeness (QED) is 0.845. The van der Waals surface area contributed by atoms with Gasteiger partial charge >= 0.3 is 0 Å². The average Bonchev–Trinajstić information content (AvgIpc) is 2.50. The smallest absolute Gasteiger partial charge is 0.0558 e. The minimum Gasteiger partial charge on any atom is -0.395 e. The summed E-state index contributed by atoms with van der Waals surface area (Å²) in [5.41, 5.74) is 2.71. The molecular formula is C18H24ClNO. The van der Waals surface area contributed by atoms with Crippen LogP contribution in [0.3, 0.4) is 0 Å². The minimum absolute atomic E-state index is 0. The van der Waals surface area contributed by atoms with Crippen LogP contribution in [-0.4, -0.2) is 36.8 Å². The number of benzene rings is 2. The first-order chi connectivity index (χ1) is 9.81. The molecule has 21 heavy (non-hydrogen) atoms. The summed E-state index contributed by atoms with van der Waals surface area (Å²) < 4.78 is 0. The third kappa shape index (κ3) is 5.50. The van der Waals surface area contributed by atoms with Crippen molar-refractivity contribution in [3.63, 3.8) is 0 Å². The molecule has 0 aliphatic heterocycles. The highest BCUT2D eigenvalue weighted by Crippen LogP contribution is 2.27. The van der Waals surface area contributed by atoms with E-state index in [4.69, 9.17) is 5.11 Å². The molecule has 0 amide bonds. The van der Waals surface area contributed by atoms with E-state index in [1.165, 1.54) is 11.1 Å². The Bertz CT molecular complexity index is 450. The van der Waals surface area contributed by atoms with Gasteiger partial charge in [0, 0.05) is 12.5 Å². The maximum Gasteiger partial charge on any atom is 0.0558 e. The average molecular weight is 306 g/mol. The van der Waals surface area contributed by atoms with Gasteiger partial charge in [-0.15, -0.1) is 12.4 Å². The van der Waals surface area contributed by atoms with E-state index in [2.05, 4.69) is 72.6 Å². The molecule has 0 heterocycles. The zero-order valence-corrected chi connectivity index (χ0v) is 13.3. The van der Waals surface area contributed by atoms with Crippen LogP contribution in [0.5, 0.6) is 0 Å². The van der Waals surface area contributed by atoms with E-state index in [1.807, 2.05) is 0 Å². The minimum atomic E-state index is 0. The summed E-state index contributed by atoms with van der Waals surface area (Å²) in [6.07, 6.45) is 1.06. The Morgan fingerprint density at radius 2 is 1.33 bits per heavy atom. The van der Waals surface area contributed by atoms with Gasteiger partial charge in [0.15, 0.2) is 0 Å². The maximum atomic E-state index is 8.99. The summed E-state index contributed by atoms with van der Waals surface area (Å²) >= 11 is 0.